The van der Waals surface area contributed by atoms with Crippen LogP contribution in [0.3, 0.4) is 0 Å². The zero-order valence-corrected chi connectivity index (χ0v) is 11.7. The largest absolute Gasteiger partial charge is 0.409 e. The van der Waals surface area contributed by atoms with E-state index in [2.05, 4.69) is 15.6 Å². The molecule has 0 radical (unpaired) electrons. The van der Waals surface area contributed by atoms with Gasteiger partial charge in [-0.05, 0) is 19.8 Å². The summed E-state index contributed by atoms with van der Waals surface area (Å²) >= 11 is 0. The molecule has 0 saturated heterocycles. The molecule has 7 nitrogen and oxygen atoms in total. The molecule has 2 rings (SSSR count). The van der Waals surface area contributed by atoms with E-state index in [4.69, 9.17) is 10.9 Å². The van der Waals surface area contributed by atoms with E-state index in [9.17, 15) is 4.79 Å². The maximum absolute atomic E-state index is 12.6. The van der Waals surface area contributed by atoms with Gasteiger partial charge in [-0.3, -0.25) is 9.48 Å². The minimum absolute atomic E-state index is 0.00224. The first-order chi connectivity index (χ1) is 9.62. The summed E-state index contributed by atoms with van der Waals surface area (Å²) in [6.07, 6.45) is 7.45. The van der Waals surface area contributed by atoms with Crippen molar-refractivity contribution < 1.29 is 10.0 Å². The van der Waals surface area contributed by atoms with Crippen molar-refractivity contribution in [3.05, 3.63) is 12.4 Å². The Hall–Kier alpha value is -2.05. The smallest absolute Gasteiger partial charge is 0.238 e. The fourth-order valence-corrected chi connectivity index (χ4v) is 2.70. The van der Waals surface area contributed by atoms with Gasteiger partial charge in [0, 0.05) is 12.7 Å². The first-order valence-corrected chi connectivity index (χ1v) is 6.94. The molecular weight excluding hydrogens is 258 g/mol. The van der Waals surface area contributed by atoms with Crippen LogP contribution in [0.1, 0.15) is 39.0 Å². The van der Waals surface area contributed by atoms with E-state index in [0.717, 1.165) is 25.8 Å². The minimum Gasteiger partial charge on any atom is -0.409 e. The fourth-order valence-electron chi connectivity index (χ4n) is 2.70. The number of hydrogen-bond acceptors (Lipinski definition) is 4. The van der Waals surface area contributed by atoms with E-state index in [-0.39, 0.29) is 11.7 Å². The number of hydrogen-bond donors (Lipinski definition) is 3. The molecule has 0 spiro atoms. The Labute approximate surface area is 117 Å². The third-order valence-electron chi connectivity index (χ3n) is 3.95. The molecule has 7 heteroatoms. The molecule has 1 aliphatic carbocycles. The Morgan fingerprint density at radius 3 is 2.80 bits per heavy atom. The summed E-state index contributed by atoms with van der Waals surface area (Å²) in [5.41, 5.74) is 5.52. The number of nitrogens with one attached hydrogen (secondary N) is 1. The second kappa shape index (κ2) is 5.94. The number of amidine groups is 1. The Kier molecular flexibility index (Phi) is 4.26. The van der Waals surface area contributed by atoms with E-state index in [0.29, 0.717) is 18.5 Å². The van der Waals surface area contributed by atoms with E-state index in [1.54, 1.807) is 17.1 Å². The van der Waals surface area contributed by atoms with Gasteiger partial charge >= 0.3 is 0 Å². The van der Waals surface area contributed by atoms with Crippen LogP contribution in [-0.2, 0) is 11.3 Å². The number of carbonyl (C=O) groups excluding carboxylic acids is 1. The number of anilines is 1. The van der Waals surface area contributed by atoms with Crippen LogP contribution in [0.2, 0.25) is 0 Å². The molecule has 1 aromatic rings. The third-order valence-corrected chi connectivity index (χ3v) is 3.95. The molecule has 1 fully saturated rings. The van der Waals surface area contributed by atoms with Crippen molar-refractivity contribution in [3.63, 3.8) is 0 Å². The third kappa shape index (κ3) is 2.61. The van der Waals surface area contributed by atoms with E-state index < -0.39 is 5.41 Å². The SMILES string of the molecule is CCn1cc(NC(=O)C2(C(N)=NO)CCCCC2)cn1. The molecule has 20 heavy (non-hydrogen) atoms. The molecule has 1 aromatic heterocycles. The number of amides is 1. The van der Waals surface area contributed by atoms with E-state index >= 15 is 0 Å². The second-order valence-electron chi connectivity index (χ2n) is 5.17. The maximum Gasteiger partial charge on any atom is 0.238 e. The highest BCUT2D eigenvalue weighted by atomic mass is 16.4. The van der Waals surface area contributed by atoms with Crippen molar-refractivity contribution in [2.45, 2.75) is 45.6 Å². The van der Waals surface area contributed by atoms with Crippen LogP contribution in [0.4, 0.5) is 5.69 Å². The average molecular weight is 279 g/mol. The highest BCUT2D eigenvalue weighted by molar-refractivity contribution is 6.11. The molecule has 0 unspecified atom stereocenters. The van der Waals surface area contributed by atoms with Crippen molar-refractivity contribution >= 4 is 17.4 Å². The number of oxime groups is 1. The van der Waals surface area contributed by atoms with Gasteiger partial charge in [0.1, 0.15) is 5.41 Å². The van der Waals surface area contributed by atoms with Crippen molar-refractivity contribution in [2.75, 3.05) is 5.32 Å². The van der Waals surface area contributed by atoms with Gasteiger partial charge in [0.2, 0.25) is 5.91 Å². The number of nitrogens with zero attached hydrogens (tertiary/aromatic N) is 3. The topological polar surface area (TPSA) is 106 Å². The summed E-state index contributed by atoms with van der Waals surface area (Å²) < 4.78 is 1.73. The van der Waals surface area contributed by atoms with Crippen LogP contribution >= 0.6 is 0 Å². The molecule has 0 bridgehead atoms. The standard InChI is InChI=1S/C13H21N5O2/c1-2-18-9-10(8-15-18)16-12(19)13(11(14)17-20)6-4-3-5-7-13/h8-9,20H,2-7H2,1H3,(H2,14,17)(H,16,19). The molecule has 0 atom stereocenters. The Morgan fingerprint density at radius 2 is 2.25 bits per heavy atom. The van der Waals surface area contributed by atoms with Gasteiger partial charge in [-0.2, -0.15) is 5.10 Å². The minimum atomic E-state index is -0.901. The summed E-state index contributed by atoms with van der Waals surface area (Å²) in [5.74, 6) is -0.222. The molecule has 1 amide bonds. The molecule has 1 aliphatic rings. The van der Waals surface area contributed by atoms with Gasteiger partial charge in [0.15, 0.2) is 5.84 Å². The summed E-state index contributed by atoms with van der Waals surface area (Å²) in [6.45, 7) is 2.71. The number of carbonyl (C=O) groups is 1. The first-order valence-electron chi connectivity index (χ1n) is 6.94. The lowest BCUT2D eigenvalue weighted by Crippen LogP contribution is -2.48. The lowest BCUT2D eigenvalue weighted by molar-refractivity contribution is -0.123. The molecule has 0 aliphatic heterocycles. The van der Waals surface area contributed by atoms with E-state index in [1.165, 1.54) is 0 Å². The monoisotopic (exact) mass is 279 g/mol. The first kappa shape index (κ1) is 14.4. The Morgan fingerprint density at radius 1 is 1.55 bits per heavy atom. The van der Waals surface area contributed by atoms with E-state index in [1.807, 2.05) is 6.92 Å². The predicted molar refractivity (Wildman–Crippen MR) is 75.5 cm³/mol. The molecule has 0 aromatic carbocycles. The van der Waals surface area contributed by atoms with Gasteiger partial charge < -0.3 is 16.3 Å². The lowest BCUT2D eigenvalue weighted by Gasteiger charge is -2.34. The number of aromatic nitrogens is 2. The summed E-state index contributed by atoms with van der Waals surface area (Å²) in [5, 5.41) is 19.0. The molecular formula is C13H21N5O2. The zero-order chi connectivity index (χ0) is 14.6. The summed E-state index contributed by atoms with van der Waals surface area (Å²) in [4.78, 5) is 12.6. The normalized spacial score (nSPS) is 18.8. The van der Waals surface area contributed by atoms with Crippen LogP contribution in [-0.4, -0.2) is 26.7 Å². The van der Waals surface area contributed by atoms with Gasteiger partial charge in [-0.15, -0.1) is 0 Å². The Bertz CT molecular complexity index is 503. The lowest BCUT2D eigenvalue weighted by atomic mass is 9.72. The predicted octanol–water partition coefficient (Wildman–Crippen LogP) is 1.54. The molecule has 1 saturated carbocycles. The highest BCUT2D eigenvalue weighted by Gasteiger charge is 2.44. The van der Waals surface area contributed by atoms with Crippen LogP contribution in [0.25, 0.3) is 0 Å². The van der Waals surface area contributed by atoms with Crippen molar-refractivity contribution in [3.8, 4) is 0 Å². The van der Waals surface area contributed by atoms with Crippen molar-refractivity contribution in [1.29, 1.82) is 0 Å². The average Bonchev–Trinajstić information content (AvgIpc) is 2.94. The quantitative estimate of drug-likeness (QED) is 0.336. The van der Waals surface area contributed by atoms with Gasteiger partial charge in [-0.25, -0.2) is 0 Å². The van der Waals surface area contributed by atoms with Crippen molar-refractivity contribution in [2.24, 2.45) is 16.3 Å². The van der Waals surface area contributed by atoms with Crippen LogP contribution in [0.15, 0.2) is 17.5 Å². The van der Waals surface area contributed by atoms with Crippen LogP contribution in [0.5, 0.6) is 0 Å². The van der Waals surface area contributed by atoms with Crippen LogP contribution < -0.4 is 11.1 Å². The van der Waals surface area contributed by atoms with Crippen LogP contribution in [0, 0.1) is 5.41 Å². The number of rotatable bonds is 4. The molecule has 110 valence electrons. The highest BCUT2D eigenvalue weighted by Crippen LogP contribution is 2.37. The van der Waals surface area contributed by atoms with Crippen molar-refractivity contribution in [1.82, 2.24) is 9.78 Å². The Balaban J connectivity index is 2.18. The summed E-state index contributed by atoms with van der Waals surface area (Å²) in [6, 6.07) is 0. The van der Waals surface area contributed by atoms with Gasteiger partial charge in [0.05, 0.1) is 11.9 Å². The summed E-state index contributed by atoms with van der Waals surface area (Å²) in [7, 11) is 0. The zero-order valence-electron chi connectivity index (χ0n) is 11.7. The maximum atomic E-state index is 12.6. The number of aryl methyl sites for hydroxylation is 1. The van der Waals surface area contributed by atoms with Gasteiger partial charge in [-0.1, -0.05) is 24.4 Å². The fraction of sp³-hybridized carbons (Fsp3) is 0.615. The molecule has 4 N–H and O–H groups in total. The molecule has 1 heterocycles. The second-order valence-corrected chi connectivity index (χ2v) is 5.17. The van der Waals surface area contributed by atoms with Gasteiger partial charge in [0.25, 0.3) is 0 Å². The number of nitrogens with two attached hydrogens (primary N) is 1.